The molecule has 0 saturated carbocycles. The van der Waals surface area contributed by atoms with Gasteiger partial charge in [-0.05, 0) is 12.6 Å². The number of hydrogen-bond acceptors (Lipinski definition) is 3. The molecule has 0 aliphatic heterocycles. The normalized spacial score (nSPS) is 11.8. The molecule has 0 amide bonds. The maximum atomic E-state index is 4.80. The lowest BCUT2D eigenvalue weighted by Gasteiger charge is -2.13. The van der Waals surface area contributed by atoms with Crippen LogP contribution in [-0.4, -0.2) is 12.0 Å². The molecule has 2 rings (SSSR count). The molecule has 1 heterocycles. The summed E-state index contributed by atoms with van der Waals surface area (Å²) in [5, 5.41) is 4.40. The van der Waals surface area contributed by atoms with Crippen molar-refractivity contribution in [3.05, 3.63) is 41.0 Å². The fourth-order valence-electron chi connectivity index (χ4n) is 1.77. The molecule has 0 unspecified atom stereocenters. The second kappa shape index (κ2) is 5.21. The zero-order chi connectivity index (χ0) is 13.2. The maximum Gasteiger partial charge on any atom is 0.0988 e. The summed E-state index contributed by atoms with van der Waals surface area (Å²) in [7, 11) is 1.96. The van der Waals surface area contributed by atoms with Gasteiger partial charge in [0.25, 0.3) is 0 Å². The molecule has 0 aliphatic rings. The molecule has 0 saturated heterocycles. The van der Waals surface area contributed by atoms with Gasteiger partial charge in [-0.1, -0.05) is 51.1 Å². The van der Waals surface area contributed by atoms with Gasteiger partial charge in [0, 0.05) is 12.0 Å². The van der Waals surface area contributed by atoms with Crippen LogP contribution in [0.15, 0.2) is 30.3 Å². The predicted molar refractivity (Wildman–Crippen MR) is 79.0 cm³/mol. The molecule has 2 nitrogen and oxygen atoms in total. The summed E-state index contributed by atoms with van der Waals surface area (Å²) in [5.74, 6) is 0. The number of nitrogens with one attached hydrogen (secondary N) is 1. The van der Waals surface area contributed by atoms with Gasteiger partial charge in [-0.25, -0.2) is 4.98 Å². The Hall–Kier alpha value is -1.19. The molecule has 18 heavy (non-hydrogen) atoms. The zero-order valence-corrected chi connectivity index (χ0v) is 12.3. The Morgan fingerprint density at radius 3 is 2.39 bits per heavy atom. The maximum absolute atomic E-state index is 4.80. The number of hydrogen-bond donors (Lipinski definition) is 1. The Labute approximate surface area is 113 Å². The SMILES string of the molecule is CNCc1nc(C(C)(C)C)sc1-c1ccccc1. The van der Waals surface area contributed by atoms with E-state index in [2.05, 4.69) is 50.4 Å². The van der Waals surface area contributed by atoms with E-state index in [1.54, 1.807) is 0 Å². The number of benzene rings is 1. The molecule has 1 aromatic carbocycles. The Bertz CT molecular complexity index is 509. The van der Waals surface area contributed by atoms with Crippen LogP contribution < -0.4 is 5.32 Å². The number of thiazole rings is 1. The Morgan fingerprint density at radius 1 is 1.17 bits per heavy atom. The van der Waals surface area contributed by atoms with E-state index in [1.807, 2.05) is 24.5 Å². The average molecular weight is 260 g/mol. The van der Waals surface area contributed by atoms with Crippen LogP contribution in [-0.2, 0) is 12.0 Å². The Kier molecular flexibility index (Phi) is 3.83. The highest BCUT2D eigenvalue weighted by Crippen LogP contribution is 2.35. The molecule has 3 heteroatoms. The molecular weight excluding hydrogens is 240 g/mol. The summed E-state index contributed by atoms with van der Waals surface area (Å²) in [4.78, 5) is 6.09. The predicted octanol–water partition coefficient (Wildman–Crippen LogP) is 3.83. The van der Waals surface area contributed by atoms with Crippen LogP contribution in [0.25, 0.3) is 10.4 Å². The summed E-state index contributed by atoms with van der Waals surface area (Å²) < 4.78 is 0. The topological polar surface area (TPSA) is 24.9 Å². The van der Waals surface area contributed by atoms with Crippen LogP contribution in [0.4, 0.5) is 0 Å². The minimum Gasteiger partial charge on any atom is -0.314 e. The van der Waals surface area contributed by atoms with Gasteiger partial charge in [-0.3, -0.25) is 0 Å². The molecule has 0 spiro atoms. The van der Waals surface area contributed by atoms with E-state index >= 15 is 0 Å². The van der Waals surface area contributed by atoms with Crippen molar-refractivity contribution in [3.8, 4) is 10.4 Å². The van der Waals surface area contributed by atoms with Crippen LogP contribution in [0.1, 0.15) is 31.5 Å². The van der Waals surface area contributed by atoms with Gasteiger partial charge in [-0.15, -0.1) is 11.3 Å². The standard InChI is InChI=1S/C15H20N2S/c1-15(2,3)14-17-12(10-16-4)13(18-14)11-8-6-5-7-9-11/h5-9,16H,10H2,1-4H3. The van der Waals surface area contributed by atoms with Crippen LogP contribution in [0.5, 0.6) is 0 Å². The lowest BCUT2D eigenvalue weighted by atomic mass is 9.98. The van der Waals surface area contributed by atoms with Gasteiger partial charge in [-0.2, -0.15) is 0 Å². The van der Waals surface area contributed by atoms with Crippen molar-refractivity contribution in [2.24, 2.45) is 0 Å². The second-order valence-electron chi connectivity index (χ2n) is 5.44. The third kappa shape index (κ3) is 2.79. The van der Waals surface area contributed by atoms with Gasteiger partial charge in [0.2, 0.25) is 0 Å². The van der Waals surface area contributed by atoms with Crippen molar-refractivity contribution in [2.75, 3.05) is 7.05 Å². The highest BCUT2D eigenvalue weighted by molar-refractivity contribution is 7.15. The summed E-state index contributed by atoms with van der Waals surface area (Å²) >= 11 is 1.81. The van der Waals surface area contributed by atoms with Gasteiger partial charge in [0.15, 0.2) is 0 Å². The third-order valence-corrected chi connectivity index (χ3v) is 4.29. The largest absolute Gasteiger partial charge is 0.314 e. The minimum atomic E-state index is 0.111. The second-order valence-corrected chi connectivity index (χ2v) is 6.44. The van der Waals surface area contributed by atoms with E-state index in [1.165, 1.54) is 15.4 Å². The van der Waals surface area contributed by atoms with Crippen LogP contribution in [0, 0.1) is 0 Å². The van der Waals surface area contributed by atoms with E-state index in [0.717, 1.165) is 12.2 Å². The lowest BCUT2D eigenvalue weighted by Crippen LogP contribution is -2.12. The first kappa shape index (κ1) is 13.2. The molecular formula is C15H20N2S. The molecule has 0 atom stereocenters. The summed E-state index contributed by atoms with van der Waals surface area (Å²) in [6.45, 7) is 7.45. The van der Waals surface area contributed by atoms with E-state index < -0.39 is 0 Å². The molecule has 0 aliphatic carbocycles. The van der Waals surface area contributed by atoms with E-state index in [4.69, 9.17) is 4.98 Å². The number of aromatic nitrogens is 1. The molecule has 1 aromatic heterocycles. The average Bonchev–Trinajstić information content (AvgIpc) is 2.75. The highest BCUT2D eigenvalue weighted by atomic mass is 32.1. The third-order valence-electron chi connectivity index (χ3n) is 2.72. The molecule has 0 bridgehead atoms. The minimum absolute atomic E-state index is 0.111. The first-order valence-corrected chi connectivity index (χ1v) is 7.04. The van der Waals surface area contributed by atoms with E-state index in [9.17, 15) is 0 Å². The van der Waals surface area contributed by atoms with E-state index in [0.29, 0.717) is 0 Å². The van der Waals surface area contributed by atoms with Crippen molar-refractivity contribution in [2.45, 2.75) is 32.7 Å². The molecule has 2 aromatic rings. The summed E-state index contributed by atoms with van der Waals surface area (Å²) in [6.07, 6.45) is 0. The Morgan fingerprint density at radius 2 is 1.83 bits per heavy atom. The Balaban J connectivity index is 2.49. The van der Waals surface area contributed by atoms with Crippen molar-refractivity contribution in [1.29, 1.82) is 0 Å². The number of nitrogens with zero attached hydrogens (tertiary/aromatic N) is 1. The smallest absolute Gasteiger partial charge is 0.0988 e. The van der Waals surface area contributed by atoms with Crippen LogP contribution in [0.2, 0.25) is 0 Å². The number of rotatable bonds is 3. The van der Waals surface area contributed by atoms with Crippen molar-refractivity contribution in [3.63, 3.8) is 0 Å². The fraction of sp³-hybridized carbons (Fsp3) is 0.400. The zero-order valence-electron chi connectivity index (χ0n) is 11.4. The van der Waals surface area contributed by atoms with Gasteiger partial charge < -0.3 is 5.32 Å². The quantitative estimate of drug-likeness (QED) is 0.907. The first-order valence-electron chi connectivity index (χ1n) is 6.22. The fourth-order valence-corrected chi connectivity index (χ4v) is 2.92. The highest BCUT2D eigenvalue weighted by Gasteiger charge is 2.21. The summed E-state index contributed by atoms with van der Waals surface area (Å²) in [6, 6.07) is 10.5. The van der Waals surface area contributed by atoms with E-state index in [-0.39, 0.29) is 5.41 Å². The van der Waals surface area contributed by atoms with Crippen molar-refractivity contribution >= 4 is 11.3 Å². The van der Waals surface area contributed by atoms with Crippen molar-refractivity contribution < 1.29 is 0 Å². The van der Waals surface area contributed by atoms with Crippen LogP contribution in [0.3, 0.4) is 0 Å². The molecule has 1 N–H and O–H groups in total. The lowest BCUT2D eigenvalue weighted by molar-refractivity contribution is 0.581. The van der Waals surface area contributed by atoms with Gasteiger partial charge in [0.1, 0.15) is 0 Å². The monoisotopic (exact) mass is 260 g/mol. The van der Waals surface area contributed by atoms with Gasteiger partial charge in [0.05, 0.1) is 15.6 Å². The van der Waals surface area contributed by atoms with Gasteiger partial charge >= 0.3 is 0 Å². The van der Waals surface area contributed by atoms with Crippen LogP contribution >= 0.6 is 11.3 Å². The molecule has 96 valence electrons. The first-order chi connectivity index (χ1) is 8.52. The molecule has 0 radical (unpaired) electrons. The van der Waals surface area contributed by atoms with Crippen molar-refractivity contribution in [1.82, 2.24) is 10.3 Å². The molecule has 0 fully saturated rings. The summed E-state index contributed by atoms with van der Waals surface area (Å²) in [5.41, 5.74) is 2.52.